The molecule has 6 atom stereocenters. The molecule has 0 aliphatic carbocycles. The fourth-order valence-corrected chi connectivity index (χ4v) is 6.17. The van der Waals surface area contributed by atoms with Gasteiger partial charge in [-0.25, -0.2) is 18.2 Å². The first kappa shape index (κ1) is 27.5. The van der Waals surface area contributed by atoms with Crippen molar-refractivity contribution in [2.24, 2.45) is 5.11 Å². The van der Waals surface area contributed by atoms with Gasteiger partial charge >= 0.3 is 34.2 Å². The van der Waals surface area contributed by atoms with Crippen LogP contribution in [0.15, 0.2) is 20.9 Å². The maximum absolute atomic E-state index is 13.3. The second-order valence-electron chi connectivity index (χ2n) is 6.49. The lowest BCUT2D eigenvalue weighted by Crippen LogP contribution is -2.33. The van der Waals surface area contributed by atoms with Crippen molar-refractivity contribution in [2.45, 2.75) is 37.1 Å². The first-order valence-corrected chi connectivity index (χ1v) is 13.0. The van der Waals surface area contributed by atoms with Gasteiger partial charge in [0, 0.05) is 23.1 Å². The summed E-state index contributed by atoms with van der Waals surface area (Å²) in [4.78, 5) is 54.7. The van der Waals surface area contributed by atoms with E-state index in [4.69, 9.17) is 20.1 Å². The van der Waals surface area contributed by atoms with Crippen LogP contribution in [0.4, 0.5) is 13.0 Å². The van der Waals surface area contributed by atoms with Crippen LogP contribution < -0.4 is 11.2 Å². The van der Waals surface area contributed by atoms with Crippen LogP contribution in [0.1, 0.15) is 18.2 Å². The van der Waals surface area contributed by atoms with Gasteiger partial charge in [-0.05, 0) is 12.5 Å². The van der Waals surface area contributed by atoms with Crippen LogP contribution in [-0.4, -0.2) is 48.4 Å². The Bertz CT molecular complexity index is 1220. The number of phosphoric ester groups is 1. The molecule has 2 rings (SSSR count). The average Bonchev–Trinajstić information content (AvgIpc) is 3.04. The molecule has 0 aromatic carbocycles. The first-order chi connectivity index (χ1) is 14.9. The summed E-state index contributed by atoms with van der Waals surface area (Å²) in [5.74, 6) is 0. The molecule has 1 aromatic rings. The van der Waals surface area contributed by atoms with Gasteiger partial charge < -0.3 is 19.4 Å². The third-order valence-corrected chi connectivity index (χ3v) is 9.18. The van der Waals surface area contributed by atoms with E-state index >= 15 is 0 Å². The Kier molecular flexibility index (Phi) is 7.88. The molecule has 0 radical (unpaired) electrons. The van der Waals surface area contributed by atoms with Gasteiger partial charge in [-0.1, -0.05) is 5.11 Å². The smallest absolute Gasteiger partial charge is 0.352 e. The third kappa shape index (κ3) is 6.03. The molecule has 1 aliphatic rings. The minimum atomic E-state index is -7.09. The normalized spacial score (nSPS) is 26.6. The van der Waals surface area contributed by atoms with Crippen molar-refractivity contribution < 1.29 is 54.9 Å². The number of aryl methyl sites for hydroxylation is 1. The lowest BCUT2D eigenvalue weighted by Gasteiger charge is -2.23. The number of nitrogens with zero attached hydrogens (tertiary/aromatic N) is 4. The van der Waals surface area contributed by atoms with Gasteiger partial charge in [-0.3, -0.25) is 23.4 Å². The summed E-state index contributed by atoms with van der Waals surface area (Å²) in [6.07, 6.45) is -1.77. The Labute approximate surface area is 180 Å². The highest BCUT2D eigenvalue weighted by atomic mass is 31.3. The summed E-state index contributed by atoms with van der Waals surface area (Å²) < 4.78 is 87.0. The number of hydrogen-bond donors (Lipinski definition) is 4. The van der Waals surface area contributed by atoms with E-state index in [1.54, 1.807) is 0 Å². The molecule has 1 fully saturated rings. The van der Waals surface area contributed by atoms with Gasteiger partial charge in [-0.15, -0.1) is 0 Å². The van der Waals surface area contributed by atoms with Crippen LogP contribution in [0.25, 0.3) is 10.4 Å². The molecule has 33 heavy (non-hydrogen) atoms. The maximum atomic E-state index is 13.3. The fraction of sp³-hybridized carbons (Fsp3) is 0.636. The number of nitrogens with one attached hydrogen (secondary N) is 1. The van der Waals surface area contributed by atoms with Crippen LogP contribution in [0.3, 0.4) is 0 Å². The lowest BCUT2D eigenvalue weighted by atomic mass is 10.1. The molecular formula is C11H15F3N5O11P3. The number of azide groups is 1. The van der Waals surface area contributed by atoms with Crippen molar-refractivity contribution >= 4 is 23.1 Å². The highest BCUT2D eigenvalue weighted by Crippen LogP contribution is 2.79. The Balaban J connectivity index is 2.19. The number of aromatic amines is 1. The number of phosphoric acid groups is 1. The Hall–Kier alpha value is -1.77. The molecule has 1 aromatic heterocycles. The van der Waals surface area contributed by atoms with Gasteiger partial charge in [0.2, 0.25) is 0 Å². The van der Waals surface area contributed by atoms with Gasteiger partial charge in [-0.2, -0.15) is 13.0 Å². The maximum Gasteiger partial charge on any atom is 0.479 e. The predicted octanol–water partition coefficient (Wildman–Crippen LogP) is 1.84. The number of ether oxygens (including phenoxy) is 1. The lowest BCUT2D eigenvalue weighted by molar-refractivity contribution is -0.0268. The molecule has 1 aliphatic heterocycles. The summed E-state index contributed by atoms with van der Waals surface area (Å²) in [5, 5.41) is -2.62. The first-order valence-electron chi connectivity index (χ1n) is 8.35. The van der Waals surface area contributed by atoms with Crippen molar-refractivity contribution in [3.05, 3.63) is 43.0 Å². The quantitative estimate of drug-likeness (QED) is 0.151. The molecule has 1 saturated heterocycles. The average molecular weight is 543 g/mol. The Morgan fingerprint density at radius 2 is 1.97 bits per heavy atom. The van der Waals surface area contributed by atoms with Crippen molar-refractivity contribution in [2.75, 3.05) is 6.61 Å². The van der Waals surface area contributed by atoms with E-state index in [2.05, 4.69) is 18.9 Å². The molecule has 2 heterocycles. The SMILES string of the molecule is Cc1cn([C@H]2C[C@H](N=[N+]=[N-])[C@@H](COP(=O)(O)OP(=O)(O)C(F)(F)P(=O)(O)F)O2)c(=O)[nH]c1=O. The largest absolute Gasteiger partial charge is 0.479 e. The molecule has 3 unspecified atom stereocenters. The van der Waals surface area contributed by atoms with Crippen molar-refractivity contribution in [1.82, 2.24) is 9.55 Å². The standard InChI is InChI=1S/C11H15F3N5O11P3/c1-5-3-19(10(21)16-9(5)20)8-2-6(17-18-15)7(29-8)4-28-33(26,27)30-32(24,25)11(12,13)31(14,22)23/h3,6-8H,2,4H2,1H3,(H,22,23)(H,24,25)(H,26,27)(H,16,20,21)/t6-,7+,8+/m0/s1. The summed E-state index contributed by atoms with van der Waals surface area (Å²) >= 11 is 0. The van der Waals surface area contributed by atoms with Gasteiger partial charge in [0.05, 0.1) is 18.8 Å². The molecule has 16 nitrogen and oxygen atoms in total. The molecule has 0 amide bonds. The zero-order valence-electron chi connectivity index (χ0n) is 16.1. The zero-order valence-corrected chi connectivity index (χ0v) is 18.8. The molecule has 186 valence electrons. The second kappa shape index (κ2) is 9.47. The summed E-state index contributed by atoms with van der Waals surface area (Å²) in [6, 6.07) is -1.19. The Morgan fingerprint density at radius 1 is 1.36 bits per heavy atom. The summed E-state index contributed by atoms with van der Waals surface area (Å²) in [5.41, 5.74) is 7.15. The number of H-pyrrole nitrogens is 1. The van der Waals surface area contributed by atoms with Crippen LogP contribution in [0.5, 0.6) is 0 Å². The van der Waals surface area contributed by atoms with Crippen molar-refractivity contribution in [1.29, 1.82) is 0 Å². The monoisotopic (exact) mass is 543 g/mol. The minimum Gasteiger partial charge on any atom is -0.352 e. The second-order valence-corrected chi connectivity index (χ2v) is 11.9. The molecular weight excluding hydrogens is 528 g/mol. The van der Waals surface area contributed by atoms with E-state index < -0.39 is 64.7 Å². The predicted molar refractivity (Wildman–Crippen MR) is 100 cm³/mol. The summed E-state index contributed by atoms with van der Waals surface area (Å²) in [7, 11) is -19.9. The Morgan fingerprint density at radius 3 is 2.52 bits per heavy atom. The van der Waals surface area contributed by atoms with Gasteiger partial charge in [0.1, 0.15) is 6.23 Å². The molecule has 0 bridgehead atoms. The topological polar surface area (TPSA) is 243 Å². The number of rotatable bonds is 9. The molecule has 0 saturated carbocycles. The van der Waals surface area contributed by atoms with E-state index in [9.17, 15) is 41.2 Å². The van der Waals surface area contributed by atoms with Crippen LogP contribution >= 0.6 is 23.1 Å². The molecule has 0 spiro atoms. The third-order valence-electron chi connectivity index (χ3n) is 4.15. The van der Waals surface area contributed by atoms with Gasteiger partial charge in [0.25, 0.3) is 5.56 Å². The zero-order chi connectivity index (χ0) is 25.4. The van der Waals surface area contributed by atoms with E-state index in [0.29, 0.717) is 0 Å². The minimum absolute atomic E-state index is 0.0974. The van der Waals surface area contributed by atoms with Crippen LogP contribution in [0.2, 0.25) is 0 Å². The van der Waals surface area contributed by atoms with E-state index in [1.807, 2.05) is 4.98 Å². The molecule has 22 heteroatoms. The van der Waals surface area contributed by atoms with E-state index in [0.717, 1.165) is 10.8 Å². The number of aromatic nitrogens is 2. The number of hydrogen-bond acceptors (Lipinski definition) is 9. The van der Waals surface area contributed by atoms with E-state index in [-0.39, 0.29) is 12.0 Å². The van der Waals surface area contributed by atoms with E-state index in [1.165, 1.54) is 6.92 Å². The fourth-order valence-electron chi connectivity index (χ4n) is 2.56. The van der Waals surface area contributed by atoms with Crippen LogP contribution in [0, 0.1) is 6.92 Å². The molecule has 4 N–H and O–H groups in total. The number of halogens is 3. The van der Waals surface area contributed by atoms with Gasteiger partial charge in [0.15, 0.2) is 0 Å². The van der Waals surface area contributed by atoms with Crippen molar-refractivity contribution in [3.63, 3.8) is 0 Å². The summed E-state index contributed by atoms with van der Waals surface area (Å²) in [6.45, 7) is 0.253. The number of alkyl halides is 2. The van der Waals surface area contributed by atoms with Crippen LogP contribution in [-0.2, 0) is 27.3 Å². The highest BCUT2D eigenvalue weighted by molar-refractivity contribution is 7.75. The highest BCUT2D eigenvalue weighted by Gasteiger charge is 2.68. The van der Waals surface area contributed by atoms with Crippen molar-refractivity contribution in [3.8, 4) is 0 Å².